The number of hydrogen-bond acceptors (Lipinski definition) is 9. The lowest BCUT2D eigenvalue weighted by Gasteiger charge is -2.04. The molecule has 0 fully saturated rings. The topological polar surface area (TPSA) is 206 Å². The van der Waals surface area contributed by atoms with Gasteiger partial charge in [0.2, 0.25) is 0 Å². The van der Waals surface area contributed by atoms with Crippen molar-refractivity contribution in [1.29, 1.82) is 0 Å². The van der Waals surface area contributed by atoms with E-state index in [4.69, 9.17) is 47.0 Å². The van der Waals surface area contributed by atoms with Crippen LogP contribution in [0.2, 0.25) is 5.02 Å². The van der Waals surface area contributed by atoms with Crippen LogP contribution in [-0.4, -0.2) is 72.6 Å². The second-order valence-electron chi connectivity index (χ2n) is 7.42. The molecule has 0 atom stereocenters. The normalized spacial score (nSPS) is 11.1. The van der Waals surface area contributed by atoms with Crippen LogP contribution in [0, 0.1) is 13.8 Å². The summed E-state index contributed by atoms with van der Waals surface area (Å²) >= 11 is 7.48. The monoisotopic (exact) mass is 689 g/mol. The lowest BCUT2D eigenvalue weighted by Crippen LogP contribution is -2.23. The number of carbonyl (C=O) groups is 4. The predicted molar refractivity (Wildman–Crippen MR) is 133 cm³/mol. The molecular weight excluding hydrogens is 673 g/mol. The number of amides is 1. The fourth-order valence-corrected chi connectivity index (χ4v) is 3.54. The number of rotatable bonds is 3. The van der Waals surface area contributed by atoms with Crippen molar-refractivity contribution >= 4 is 62.7 Å². The molecule has 0 saturated carbocycles. The number of carboxylic acids is 3. The smallest absolute Gasteiger partial charge is 0.475 e. The molecule has 6 N–H and O–H groups in total. The van der Waals surface area contributed by atoms with Gasteiger partial charge in [0, 0.05) is 17.8 Å². The average molecular weight is 690 g/mol. The highest BCUT2D eigenvalue weighted by Crippen LogP contribution is 2.38. The highest BCUT2D eigenvalue weighted by atomic mass is 35.5. The number of fused-ring (bicyclic) bond motifs is 1. The Morgan fingerprint density at radius 3 is 1.61 bits per heavy atom. The number of aromatic nitrogens is 3. The third-order valence-electron chi connectivity index (χ3n) is 4.18. The van der Waals surface area contributed by atoms with Crippen molar-refractivity contribution in [3.05, 3.63) is 45.4 Å². The molecule has 0 aromatic carbocycles. The summed E-state index contributed by atoms with van der Waals surface area (Å²) < 4.78 is 95.2. The van der Waals surface area contributed by atoms with Crippen molar-refractivity contribution in [3.8, 4) is 0 Å². The lowest BCUT2D eigenvalue weighted by molar-refractivity contribution is -0.193. The molecule has 0 bridgehead atoms. The van der Waals surface area contributed by atoms with E-state index in [-0.39, 0.29) is 12.5 Å². The molecular formula is C21H17ClF9N5O7S. The first kappa shape index (κ1) is 39.5. The van der Waals surface area contributed by atoms with Gasteiger partial charge in [0.25, 0.3) is 5.91 Å². The zero-order valence-electron chi connectivity index (χ0n) is 21.5. The summed E-state index contributed by atoms with van der Waals surface area (Å²) in [6.07, 6.45) is -12.0. The van der Waals surface area contributed by atoms with E-state index in [9.17, 15) is 44.3 Å². The third-order valence-corrected chi connectivity index (χ3v) is 5.83. The first-order valence-corrected chi connectivity index (χ1v) is 11.8. The van der Waals surface area contributed by atoms with E-state index in [2.05, 4.69) is 20.3 Å². The minimum Gasteiger partial charge on any atom is -0.475 e. The minimum atomic E-state index is -5.08. The van der Waals surface area contributed by atoms with Gasteiger partial charge in [0.05, 0.1) is 22.9 Å². The molecule has 244 valence electrons. The SMILES string of the molecule is Cc1nc2sc(C(=O)NCc3ncccn3)c(N)c2c(C)c1Cl.O=C(O)C(F)(F)F.O=C(O)C(F)(F)F.O=C(O)C(F)(F)F. The van der Waals surface area contributed by atoms with E-state index < -0.39 is 36.4 Å². The van der Waals surface area contributed by atoms with Crippen LogP contribution in [-0.2, 0) is 20.9 Å². The molecule has 0 aliphatic heterocycles. The Balaban J connectivity index is 0.000000721. The Labute approximate surface area is 247 Å². The number of anilines is 1. The Kier molecular flexibility index (Phi) is 14.2. The number of thiophene rings is 1. The van der Waals surface area contributed by atoms with Crippen molar-refractivity contribution in [2.24, 2.45) is 0 Å². The van der Waals surface area contributed by atoms with Crippen molar-refractivity contribution < 1.29 is 74.0 Å². The quantitative estimate of drug-likeness (QED) is 0.237. The summed E-state index contributed by atoms with van der Waals surface area (Å²) in [6, 6.07) is 1.72. The Morgan fingerprint density at radius 1 is 0.864 bits per heavy atom. The molecule has 0 unspecified atom stereocenters. The Hall–Kier alpha value is -4.47. The summed E-state index contributed by atoms with van der Waals surface area (Å²) in [7, 11) is 0. The predicted octanol–water partition coefficient (Wildman–Crippen LogP) is 4.77. The summed E-state index contributed by atoms with van der Waals surface area (Å²) in [5.74, 6) is -8.01. The summed E-state index contributed by atoms with van der Waals surface area (Å²) in [5, 5.41) is 25.5. The van der Waals surface area contributed by atoms with Crippen molar-refractivity contribution in [2.45, 2.75) is 38.9 Å². The van der Waals surface area contributed by atoms with Gasteiger partial charge in [-0.3, -0.25) is 4.79 Å². The Morgan fingerprint density at radius 2 is 1.25 bits per heavy atom. The zero-order chi connectivity index (χ0) is 34.8. The highest BCUT2D eigenvalue weighted by Gasteiger charge is 2.39. The van der Waals surface area contributed by atoms with Crippen LogP contribution in [0.15, 0.2) is 18.5 Å². The molecule has 0 aliphatic carbocycles. The fourth-order valence-electron chi connectivity index (χ4n) is 2.28. The molecule has 12 nitrogen and oxygen atoms in total. The summed E-state index contributed by atoms with van der Waals surface area (Å²) in [6.45, 7) is 3.94. The van der Waals surface area contributed by atoms with Gasteiger partial charge in [-0.25, -0.2) is 29.3 Å². The van der Waals surface area contributed by atoms with Crippen molar-refractivity contribution in [1.82, 2.24) is 20.3 Å². The van der Waals surface area contributed by atoms with Gasteiger partial charge in [-0.1, -0.05) is 11.6 Å². The molecule has 3 rings (SSSR count). The van der Waals surface area contributed by atoms with Gasteiger partial charge in [0.1, 0.15) is 15.5 Å². The molecule has 0 saturated heterocycles. The molecule has 1 amide bonds. The second-order valence-corrected chi connectivity index (χ2v) is 8.79. The van der Waals surface area contributed by atoms with Gasteiger partial charge in [-0.15, -0.1) is 11.3 Å². The second kappa shape index (κ2) is 15.8. The minimum absolute atomic E-state index is 0.236. The number of carbonyl (C=O) groups excluding carboxylic acids is 1. The maximum atomic E-state index is 12.4. The molecule has 0 radical (unpaired) electrons. The number of aliphatic carboxylic acids is 3. The van der Waals surface area contributed by atoms with Gasteiger partial charge < -0.3 is 26.4 Å². The number of hydrogen-bond donors (Lipinski definition) is 5. The van der Waals surface area contributed by atoms with Crippen molar-refractivity contribution in [2.75, 3.05) is 5.73 Å². The van der Waals surface area contributed by atoms with Crippen LogP contribution >= 0.6 is 22.9 Å². The van der Waals surface area contributed by atoms with Gasteiger partial charge in [-0.2, -0.15) is 39.5 Å². The molecule has 3 heterocycles. The van der Waals surface area contributed by atoms with Crippen LogP contribution in [0.5, 0.6) is 0 Å². The van der Waals surface area contributed by atoms with Gasteiger partial charge in [0.15, 0.2) is 0 Å². The van der Waals surface area contributed by atoms with Crippen LogP contribution in [0.25, 0.3) is 10.2 Å². The number of nitrogens with two attached hydrogens (primary N) is 1. The lowest BCUT2D eigenvalue weighted by atomic mass is 10.1. The number of carboxylic acid groups (broad SMARTS) is 3. The largest absolute Gasteiger partial charge is 0.490 e. The van der Waals surface area contributed by atoms with Crippen LogP contribution < -0.4 is 11.1 Å². The molecule has 3 aromatic heterocycles. The number of pyridine rings is 1. The maximum absolute atomic E-state index is 12.4. The first-order chi connectivity index (χ1) is 19.8. The first-order valence-electron chi connectivity index (χ1n) is 10.6. The summed E-state index contributed by atoms with van der Waals surface area (Å²) in [5.41, 5.74) is 8.12. The van der Waals surface area contributed by atoms with E-state index in [1.165, 1.54) is 11.3 Å². The van der Waals surface area contributed by atoms with Gasteiger partial charge in [-0.05, 0) is 25.5 Å². The number of aryl methyl sites for hydroxylation is 2. The average Bonchev–Trinajstić information content (AvgIpc) is 3.21. The number of alkyl halides is 9. The van der Waals surface area contributed by atoms with Crippen molar-refractivity contribution in [3.63, 3.8) is 0 Å². The molecule has 0 aliphatic rings. The van der Waals surface area contributed by atoms with E-state index in [1.54, 1.807) is 18.5 Å². The standard InChI is InChI=1S/C15H14ClN5OS.3C2HF3O2/c1-7-10-12(17)13(23-15(10)21-8(2)11(7)16)14(22)20-6-9-18-4-3-5-19-9;3*3-2(4,5)1(6)7/h3-5H,6,17H2,1-2H3,(H,20,22);3*(H,6,7). The zero-order valence-corrected chi connectivity index (χ0v) is 23.1. The van der Waals surface area contributed by atoms with E-state index in [0.29, 0.717) is 26.2 Å². The van der Waals surface area contributed by atoms with E-state index in [1.807, 2.05) is 13.8 Å². The van der Waals surface area contributed by atoms with E-state index in [0.717, 1.165) is 16.6 Å². The number of nitrogens with one attached hydrogen (secondary N) is 1. The molecule has 23 heteroatoms. The highest BCUT2D eigenvalue weighted by molar-refractivity contribution is 7.21. The van der Waals surface area contributed by atoms with Crippen LogP contribution in [0.1, 0.15) is 26.8 Å². The maximum Gasteiger partial charge on any atom is 0.490 e. The molecule has 0 spiro atoms. The summed E-state index contributed by atoms with van der Waals surface area (Å²) in [4.78, 5) is 52.8. The molecule has 3 aromatic rings. The fraction of sp³-hybridized carbons (Fsp3) is 0.286. The number of nitrogens with zero attached hydrogens (tertiary/aromatic N) is 3. The third kappa shape index (κ3) is 12.8. The van der Waals surface area contributed by atoms with Gasteiger partial charge >= 0.3 is 36.4 Å². The number of halogens is 10. The van der Waals surface area contributed by atoms with Crippen LogP contribution in [0.4, 0.5) is 45.2 Å². The Bertz CT molecular complexity index is 1420. The number of nitrogen functional groups attached to an aromatic ring is 1. The van der Waals surface area contributed by atoms with Crippen LogP contribution in [0.3, 0.4) is 0 Å². The molecule has 44 heavy (non-hydrogen) atoms. The van der Waals surface area contributed by atoms with E-state index >= 15 is 0 Å².